The molecule has 1 aliphatic heterocycles. The number of esters is 1. The van der Waals surface area contributed by atoms with E-state index in [2.05, 4.69) is 0 Å². The van der Waals surface area contributed by atoms with Crippen molar-refractivity contribution in [2.75, 3.05) is 13.1 Å². The molecule has 1 heterocycles. The standard InChI is InChI=1S/C18H11Cl6NO3/c19-10-3-1-8(2-4-10)9-5-11(26)25(6-9)7-12(27)28-18-16(23)14(21)13(20)15(22)17(18)24/h1-4,9H,5-7H2. The van der Waals surface area contributed by atoms with Crippen LogP contribution >= 0.6 is 69.6 Å². The summed E-state index contributed by atoms with van der Waals surface area (Å²) in [5.74, 6) is -1.14. The fourth-order valence-corrected chi connectivity index (χ4v) is 4.18. The van der Waals surface area contributed by atoms with E-state index < -0.39 is 5.97 Å². The Hall–Kier alpha value is -0.880. The number of carbonyl (C=O) groups excluding carboxylic acids is 2. The molecule has 0 saturated carbocycles. The van der Waals surface area contributed by atoms with Crippen LogP contribution < -0.4 is 4.74 Å². The van der Waals surface area contributed by atoms with Crippen LogP contribution in [0.15, 0.2) is 24.3 Å². The summed E-state index contributed by atoms with van der Waals surface area (Å²) in [6.45, 7) is 0.104. The summed E-state index contributed by atoms with van der Waals surface area (Å²) < 4.78 is 5.22. The first-order valence-electron chi connectivity index (χ1n) is 7.94. The topological polar surface area (TPSA) is 46.6 Å². The number of hydrogen-bond donors (Lipinski definition) is 0. The van der Waals surface area contributed by atoms with Crippen molar-refractivity contribution in [2.24, 2.45) is 0 Å². The van der Waals surface area contributed by atoms with Gasteiger partial charge in [0.1, 0.15) is 16.6 Å². The van der Waals surface area contributed by atoms with Gasteiger partial charge in [-0.3, -0.25) is 4.79 Å². The highest BCUT2D eigenvalue weighted by molar-refractivity contribution is 6.55. The first kappa shape index (κ1) is 21.8. The molecule has 1 unspecified atom stereocenters. The Labute approximate surface area is 191 Å². The minimum Gasteiger partial charge on any atom is -0.422 e. The van der Waals surface area contributed by atoms with Crippen molar-refractivity contribution in [3.8, 4) is 5.75 Å². The zero-order valence-electron chi connectivity index (χ0n) is 13.9. The molecule has 3 rings (SSSR count). The van der Waals surface area contributed by atoms with Crippen molar-refractivity contribution >= 4 is 81.5 Å². The molecule has 1 amide bonds. The Bertz CT molecular complexity index is 918. The van der Waals surface area contributed by atoms with Crippen LogP contribution in [-0.2, 0) is 9.59 Å². The van der Waals surface area contributed by atoms with E-state index in [4.69, 9.17) is 74.3 Å². The third-order valence-electron chi connectivity index (χ3n) is 4.26. The van der Waals surface area contributed by atoms with E-state index in [1.54, 1.807) is 12.1 Å². The highest BCUT2D eigenvalue weighted by Gasteiger charge is 2.33. The van der Waals surface area contributed by atoms with E-state index >= 15 is 0 Å². The molecule has 10 heteroatoms. The Morgan fingerprint density at radius 3 is 2.04 bits per heavy atom. The number of nitrogens with zero attached hydrogens (tertiary/aromatic N) is 1. The van der Waals surface area contributed by atoms with Crippen LogP contribution in [0.25, 0.3) is 0 Å². The van der Waals surface area contributed by atoms with Gasteiger partial charge in [0.15, 0.2) is 5.75 Å². The third kappa shape index (κ3) is 4.48. The largest absolute Gasteiger partial charge is 0.422 e. The van der Waals surface area contributed by atoms with Crippen molar-refractivity contribution in [2.45, 2.75) is 12.3 Å². The van der Waals surface area contributed by atoms with Crippen LogP contribution in [0, 0.1) is 0 Å². The number of amides is 1. The number of halogens is 6. The van der Waals surface area contributed by atoms with Gasteiger partial charge in [0.05, 0.1) is 15.1 Å². The van der Waals surface area contributed by atoms with Crippen molar-refractivity contribution in [3.05, 3.63) is 60.0 Å². The summed E-state index contributed by atoms with van der Waals surface area (Å²) in [5, 5.41) is 0.129. The summed E-state index contributed by atoms with van der Waals surface area (Å²) in [6.07, 6.45) is 0.287. The minimum absolute atomic E-state index is 0.0378. The maximum absolute atomic E-state index is 12.3. The van der Waals surface area contributed by atoms with Crippen LogP contribution in [-0.4, -0.2) is 29.9 Å². The van der Waals surface area contributed by atoms with Gasteiger partial charge in [-0.1, -0.05) is 81.7 Å². The second kappa shape index (κ2) is 8.86. The highest BCUT2D eigenvalue weighted by Crippen LogP contribution is 2.48. The molecular formula is C18H11Cl6NO3. The predicted molar refractivity (Wildman–Crippen MR) is 113 cm³/mol. The van der Waals surface area contributed by atoms with E-state index in [0.29, 0.717) is 11.6 Å². The molecule has 0 radical (unpaired) electrons. The van der Waals surface area contributed by atoms with Crippen LogP contribution in [0.2, 0.25) is 30.1 Å². The molecule has 1 aliphatic rings. The lowest BCUT2D eigenvalue weighted by Gasteiger charge is -2.17. The number of benzene rings is 2. The Balaban J connectivity index is 1.71. The van der Waals surface area contributed by atoms with Gasteiger partial charge < -0.3 is 9.64 Å². The first-order chi connectivity index (χ1) is 13.2. The summed E-state index contributed by atoms with van der Waals surface area (Å²) in [7, 11) is 0. The third-order valence-corrected chi connectivity index (χ3v) is 6.76. The summed E-state index contributed by atoms with van der Waals surface area (Å²) >= 11 is 35.8. The Kier molecular flexibility index (Phi) is 6.91. The maximum atomic E-state index is 12.3. The summed E-state index contributed by atoms with van der Waals surface area (Å²) in [6, 6.07) is 7.24. The number of carbonyl (C=O) groups is 2. The number of rotatable bonds is 4. The monoisotopic (exact) mass is 499 g/mol. The molecule has 1 atom stereocenters. The van der Waals surface area contributed by atoms with Crippen LogP contribution in [0.4, 0.5) is 0 Å². The van der Waals surface area contributed by atoms with Crippen molar-refractivity contribution in [3.63, 3.8) is 0 Å². The molecule has 1 fully saturated rings. The zero-order valence-corrected chi connectivity index (χ0v) is 18.5. The van der Waals surface area contributed by atoms with E-state index in [9.17, 15) is 9.59 Å². The number of ether oxygens (including phenoxy) is 1. The fourth-order valence-electron chi connectivity index (χ4n) is 2.86. The molecule has 1 saturated heterocycles. The van der Waals surface area contributed by atoms with Gasteiger partial charge in [-0.05, 0) is 17.7 Å². The van der Waals surface area contributed by atoms with Gasteiger partial charge in [-0.2, -0.15) is 0 Å². The van der Waals surface area contributed by atoms with E-state index in [1.807, 2.05) is 12.1 Å². The Morgan fingerprint density at radius 1 is 0.929 bits per heavy atom. The molecule has 28 heavy (non-hydrogen) atoms. The molecule has 2 aromatic carbocycles. The van der Waals surface area contributed by atoms with Gasteiger partial charge in [0.25, 0.3) is 0 Å². The van der Waals surface area contributed by atoms with Gasteiger partial charge in [0, 0.05) is 23.9 Å². The predicted octanol–water partition coefficient (Wildman–Crippen LogP) is 6.53. The normalized spacial score (nSPS) is 16.6. The second-order valence-electron chi connectivity index (χ2n) is 6.10. The SMILES string of the molecule is O=C(CN1CC(c2ccc(Cl)cc2)CC1=O)Oc1c(Cl)c(Cl)c(Cl)c(Cl)c1Cl. The molecule has 0 aliphatic carbocycles. The average molecular weight is 502 g/mol. The first-order valence-corrected chi connectivity index (χ1v) is 10.2. The molecule has 0 N–H and O–H groups in total. The van der Waals surface area contributed by atoms with Gasteiger partial charge in [-0.15, -0.1) is 0 Å². The molecule has 4 nitrogen and oxygen atoms in total. The summed E-state index contributed by atoms with van der Waals surface area (Å²) in [5.41, 5.74) is 0.968. The lowest BCUT2D eigenvalue weighted by molar-refractivity contribution is -0.140. The van der Waals surface area contributed by atoms with Gasteiger partial charge in [-0.25, -0.2) is 4.79 Å². The van der Waals surface area contributed by atoms with E-state index in [1.165, 1.54) is 4.90 Å². The molecule has 2 aromatic rings. The fraction of sp³-hybridized carbons (Fsp3) is 0.222. The maximum Gasteiger partial charge on any atom is 0.331 e. The molecule has 0 spiro atoms. The Morgan fingerprint density at radius 2 is 1.46 bits per heavy atom. The van der Waals surface area contributed by atoms with Crippen LogP contribution in [0.5, 0.6) is 5.75 Å². The van der Waals surface area contributed by atoms with Crippen molar-refractivity contribution < 1.29 is 14.3 Å². The second-order valence-corrected chi connectivity index (χ2v) is 8.43. The molecule has 0 aromatic heterocycles. The number of hydrogen-bond acceptors (Lipinski definition) is 3. The highest BCUT2D eigenvalue weighted by atomic mass is 35.5. The van der Waals surface area contributed by atoms with Crippen LogP contribution in [0.1, 0.15) is 17.9 Å². The minimum atomic E-state index is -0.733. The van der Waals surface area contributed by atoms with Crippen molar-refractivity contribution in [1.29, 1.82) is 0 Å². The quantitative estimate of drug-likeness (QED) is 0.207. The van der Waals surface area contributed by atoms with Crippen molar-refractivity contribution in [1.82, 2.24) is 4.90 Å². The lowest BCUT2D eigenvalue weighted by Crippen LogP contribution is -2.33. The van der Waals surface area contributed by atoms with E-state index in [0.717, 1.165) is 5.56 Å². The van der Waals surface area contributed by atoms with Crippen LogP contribution in [0.3, 0.4) is 0 Å². The average Bonchev–Trinajstić information content (AvgIpc) is 3.03. The summed E-state index contributed by atoms with van der Waals surface area (Å²) in [4.78, 5) is 26.0. The van der Waals surface area contributed by atoms with Gasteiger partial charge >= 0.3 is 5.97 Å². The molecule has 148 valence electrons. The molecular weight excluding hydrogens is 491 g/mol. The lowest BCUT2D eigenvalue weighted by atomic mass is 9.98. The zero-order chi connectivity index (χ0) is 20.6. The number of likely N-dealkylation sites (tertiary alicyclic amines) is 1. The molecule has 0 bridgehead atoms. The van der Waals surface area contributed by atoms with E-state index in [-0.39, 0.29) is 55.7 Å². The van der Waals surface area contributed by atoms with Gasteiger partial charge in [0.2, 0.25) is 5.91 Å². The smallest absolute Gasteiger partial charge is 0.331 e.